The van der Waals surface area contributed by atoms with Gasteiger partial charge in [0.05, 0.1) is 50.5 Å². The van der Waals surface area contributed by atoms with Gasteiger partial charge in [0.25, 0.3) is 0 Å². The van der Waals surface area contributed by atoms with Gasteiger partial charge in [-0.05, 0) is 199 Å². The molecule has 0 radical (unpaired) electrons. The summed E-state index contributed by atoms with van der Waals surface area (Å²) >= 11 is 0. The largest absolute Gasteiger partial charge is 0.455 e. The minimum absolute atomic E-state index is 0.861. The van der Waals surface area contributed by atoms with Crippen LogP contribution in [0.2, 0.25) is 0 Å². The van der Waals surface area contributed by atoms with E-state index in [0.717, 1.165) is 212 Å². The molecule has 0 amide bonds. The van der Waals surface area contributed by atoms with Gasteiger partial charge in [0.1, 0.15) is 22.3 Å². The van der Waals surface area contributed by atoms with Crippen molar-refractivity contribution in [3.8, 4) is 134 Å². The number of hydrogen-bond donors (Lipinski definition) is 0. The third-order valence-corrected chi connectivity index (χ3v) is 27.8. The average molecular weight is 1760 g/mol. The molecule has 4 heterocycles. The van der Waals surface area contributed by atoms with Crippen molar-refractivity contribution in [1.82, 2.24) is 9.13 Å². The zero-order valence-electron chi connectivity index (χ0n) is 75.3. The Morgan fingerprint density at radius 3 is 0.978 bits per heavy atom. The first-order chi connectivity index (χ1) is 68.5. The molecule has 4 aromatic heterocycles. The molecule has 0 fully saturated rings. The zero-order valence-corrected chi connectivity index (χ0v) is 75.3. The van der Waals surface area contributed by atoms with Crippen LogP contribution in [0.5, 0.6) is 0 Å². The number of aromatic nitrogens is 2. The second-order valence-corrected chi connectivity index (χ2v) is 35.6. The molecule has 6 nitrogen and oxygen atoms in total. The van der Waals surface area contributed by atoms with Crippen LogP contribution in [-0.4, -0.2) is 9.13 Å². The lowest BCUT2D eigenvalue weighted by Gasteiger charge is -2.30. The fourth-order valence-corrected chi connectivity index (χ4v) is 21.4. The molecule has 0 unspecified atom stereocenters. The lowest BCUT2D eigenvalue weighted by Crippen LogP contribution is -2.12. The van der Waals surface area contributed by atoms with Crippen molar-refractivity contribution >= 4 is 122 Å². The van der Waals surface area contributed by atoms with E-state index in [1.54, 1.807) is 0 Å². The average Bonchev–Trinajstić information content (AvgIpc) is 1.56. The molecule has 26 rings (SSSR count). The second kappa shape index (κ2) is 34.0. The van der Waals surface area contributed by atoms with Crippen molar-refractivity contribution in [2.24, 2.45) is 0 Å². The molecule has 0 N–H and O–H groups in total. The van der Waals surface area contributed by atoms with Gasteiger partial charge >= 0.3 is 0 Å². The van der Waals surface area contributed by atoms with Gasteiger partial charge in [-0.2, -0.15) is 0 Å². The van der Waals surface area contributed by atoms with Crippen molar-refractivity contribution in [2.75, 3.05) is 9.80 Å². The van der Waals surface area contributed by atoms with Crippen LogP contribution in [0, 0.1) is 0 Å². The number of nitrogens with zero attached hydrogens (tertiary/aromatic N) is 4. The Hall–Kier alpha value is -18.4. The molecule has 0 aliphatic rings. The van der Waals surface area contributed by atoms with E-state index in [4.69, 9.17) is 8.83 Å². The third kappa shape index (κ3) is 14.0. The van der Waals surface area contributed by atoms with E-state index in [0.29, 0.717) is 0 Å². The molecular weight excluding hydrogens is 1670 g/mol. The normalized spacial score (nSPS) is 11.6. The fourth-order valence-electron chi connectivity index (χ4n) is 21.4. The summed E-state index contributed by atoms with van der Waals surface area (Å²) in [6.07, 6.45) is 0. The molecule has 646 valence electrons. The van der Waals surface area contributed by atoms with Crippen LogP contribution >= 0.6 is 0 Å². The molecule has 6 heteroatoms. The molecular formula is C132H86N4O2. The minimum atomic E-state index is 0.861. The van der Waals surface area contributed by atoms with Crippen molar-refractivity contribution in [2.45, 2.75) is 0 Å². The van der Waals surface area contributed by atoms with Crippen LogP contribution < -0.4 is 9.80 Å². The van der Waals surface area contributed by atoms with Gasteiger partial charge in [-0.25, -0.2) is 0 Å². The predicted molar refractivity (Wildman–Crippen MR) is 579 cm³/mol. The van der Waals surface area contributed by atoms with Gasteiger partial charge in [-0.3, -0.25) is 0 Å². The highest BCUT2D eigenvalue weighted by molar-refractivity contribution is 6.16. The standard InChI is InChI=1S/C132H86N4O2/c1-3-32-87(33-4-1)89-64-66-93(67-65-89)103-40-11-20-55-120(103)134(122-57-22-16-47-110(122)116-52-31-54-118-114-50-19-28-63-130(114)138-132(116)118)100-80-72-92(73-81-100)102-39-8-10-42-105(102)107-44-13-24-59-124(107)136-125-60-25-14-45-108(125)112-82-74-97(86-128(112)136)96-75-83-127-119(85-96)111-48-17-26-61-126(111)135(127)123-58-23-12-43-106(123)104-41-9-7-38-101(104)91-70-78-99(79-71-91)133(98-76-68-90(69-77-98)95-37-29-36-94(84-95)88-34-5-2-6-35-88)121-56-21-15-46-109(121)115-51-30-53-117-113-49-18-27-62-129(113)137-131(115)117/h1-86H. The Bertz CT molecular complexity index is 9200. The zero-order chi connectivity index (χ0) is 91.1. The maximum atomic E-state index is 6.82. The van der Waals surface area contributed by atoms with Gasteiger partial charge in [0, 0.05) is 99.1 Å². The summed E-state index contributed by atoms with van der Waals surface area (Å²) in [6, 6.07) is 190. The molecule has 0 spiro atoms. The van der Waals surface area contributed by atoms with E-state index in [9.17, 15) is 0 Å². The van der Waals surface area contributed by atoms with Crippen molar-refractivity contribution in [3.05, 3.63) is 522 Å². The summed E-state index contributed by atoms with van der Waals surface area (Å²) < 4.78 is 18.6. The number of furan rings is 2. The summed E-state index contributed by atoms with van der Waals surface area (Å²) in [4.78, 5) is 4.83. The van der Waals surface area contributed by atoms with Gasteiger partial charge < -0.3 is 27.8 Å². The highest BCUT2D eigenvalue weighted by atomic mass is 16.3. The first-order valence-electron chi connectivity index (χ1n) is 47.2. The Morgan fingerprint density at radius 2 is 0.442 bits per heavy atom. The Kier molecular flexibility index (Phi) is 19.9. The molecule has 0 atom stereocenters. The van der Waals surface area contributed by atoms with Gasteiger partial charge in [-0.15, -0.1) is 0 Å². The van der Waals surface area contributed by atoms with Gasteiger partial charge in [-0.1, -0.05) is 406 Å². The molecule has 22 aromatic carbocycles. The van der Waals surface area contributed by atoms with Crippen molar-refractivity contribution < 1.29 is 8.83 Å². The smallest absolute Gasteiger partial charge is 0.143 e. The van der Waals surface area contributed by atoms with Crippen LogP contribution in [-0.2, 0) is 0 Å². The lowest BCUT2D eigenvalue weighted by molar-refractivity contribution is 0.669. The van der Waals surface area contributed by atoms with E-state index in [-0.39, 0.29) is 0 Å². The SMILES string of the molecule is c1ccc(-c2ccc(-c3ccccc3N(c3ccc(-c4ccccc4-c4ccccc4-n4c5ccccc5c5ccc(-c6ccc7c(c6)c6ccccc6n7-c6ccccc6-c6ccccc6-c6ccc(N(c7ccc(-c8cccc(-c9ccccc9)c8)cc7)c7ccccc7-c7cccc8c7oc7ccccc78)cc6)cc54)cc3)c3ccccc3-c3cccc4c3oc3ccccc34)cc2)cc1. The topological polar surface area (TPSA) is 42.6 Å². The van der Waals surface area contributed by atoms with Crippen LogP contribution in [0.15, 0.2) is 531 Å². The number of rotatable bonds is 19. The first kappa shape index (κ1) is 80.5. The molecule has 26 aromatic rings. The fraction of sp³-hybridized carbons (Fsp3) is 0. The predicted octanol–water partition coefficient (Wildman–Crippen LogP) is 37.0. The molecule has 0 aliphatic carbocycles. The summed E-state index contributed by atoms with van der Waals surface area (Å²) in [5.41, 5.74) is 41.0. The summed E-state index contributed by atoms with van der Waals surface area (Å²) in [6.45, 7) is 0. The van der Waals surface area contributed by atoms with Crippen LogP contribution in [0.25, 0.3) is 221 Å². The third-order valence-electron chi connectivity index (χ3n) is 27.8. The molecule has 0 saturated heterocycles. The van der Waals surface area contributed by atoms with Crippen LogP contribution in [0.4, 0.5) is 34.1 Å². The Balaban J connectivity index is 0.546. The van der Waals surface area contributed by atoms with E-state index in [1.807, 2.05) is 12.1 Å². The molecule has 0 saturated carbocycles. The van der Waals surface area contributed by atoms with E-state index in [2.05, 4.69) is 529 Å². The van der Waals surface area contributed by atoms with Crippen molar-refractivity contribution in [1.29, 1.82) is 0 Å². The molecule has 0 bridgehead atoms. The molecule has 0 aliphatic heterocycles. The number of benzene rings is 22. The minimum Gasteiger partial charge on any atom is -0.455 e. The van der Waals surface area contributed by atoms with Crippen LogP contribution in [0.1, 0.15) is 0 Å². The quantitative estimate of drug-likeness (QED) is 0.0809. The van der Waals surface area contributed by atoms with Gasteiger partial charge in [0.2, 0.25) is 0 Å². The first-order valence-corrected chi connectivity index (χ1v) is 47.2. The number of para-hydroxylation sites is 11. The highest BCUT2D eigenvalue weighted by Crippen LogP contribution is 2.52. The monoisotopic (exact) mass is 1760 g/mol. The Morgan fingerprint density at radius 1 is 0.145 bits per heavy atom. The molecule has 138 heavy (non-hydrogen) atoms. The second-order valence-electron chi connectivity index (χ2n) is 35.6. The summed E-state index contributed by atoms with van der Waals surface area (Å²) in [5.74, 6) is 0. The number of hydrogen-bond acceptors (Lipinski definition) is 4. The highest BCUT2D eigenvalue weighted by Gasteiger charge is 2.28. The maximum absolute atomic E-state index is 6.82. The van der Waals surface area contributed by atoms with E-state index < -0.39 is 0 Å². The summed E-state index contributed by atoms with van der Waals surface area (Å²) in [5, 5.41) is 9.10. The number of fused-ring (bicyclic) bond motifs is 12. The van der Waals surface area contributed by atoms with Crippen molar-refractivity contribution in [3.63, 3.8) is 0 Å². The van der Waals surface area contributed by atoms with E-state index in [1.165, 1.54) is 43.8 Å². The van der Waals surface area contributed by atoms with Gasteiger partial charge in [0.15, 0.2) is 0 Å². The maximum Gasteiger partial charge on any atom is 0.143 e. The Labute approximate surface area is 799 Å². The van der Waals surface area contributed by atoms with Crippen LogP contribution in [0.3, 0.4) is 0 Å². The summed E-state index contributed by atoms with van der Waals surface area (Å²) in [7, 11) is 0. The van der Waals surface area contributed by atoms with E-state index >= 15 is 0 Å². The lowest BCUT2D eigenvalue weighted by atomic mass is 9.93. The number of anilines is 6.